The molecule has 0 radical (unpaired) electrons. The van der Waals surface area contributed by atoms with Crippen molar-refractivity contribution in [3.63, 3.8) is 0 Å². The molecule has 0 bridgehead atoms. The number of nitrogens with two attached hydrogens (primary N) is 1. The number of rotatable bonds is 6. The van der Waals surface area contributed by atoms with Crippen LogP contribution in [0.4, 0.5) is 0 Å². The molecule has 0 aromatic heterocycles. The summed E-state index contributed by atoms with van der Waals surface area (Å²) in [5, 5.41) is 2.82. The maximum absolute atomic E-state index is 11.7. The van der Waals surface area contributed by atoms with E-state index in [-0.39, 0.29) is 24.9 Å². The zero-order chi connectivity index (χ0) is 14.5. The van der Waals surface area contributed by atoms with Gasteiger partial charge in [0.2, 0.25) is 0 Å². The quantitative estimate of drug-likeness (QED) is 0.848. The fourth-order valence-electron chi connectivity index (χ4n) is 1.58. The van der Waals surface area contributed by atoms with Gasteiger partial charge in [-0.15, -0.1) is 12.4 Å². The molecule has 0 fully saturated rings. The van der Waals surface area contributed by atoms with Crippen molar-refractivity contribution in [3.05, 3.63) is 29.8 Å². The maximum atomic E-state index is 11.7. The van der Waals surface area contributed by atoms with Gasteiger partial charge in [-0.05, 0) is 37.5 Å². The first-order chi connectivity index (χ1) is 8.84. The lowest BCUT2D eigenvalue weighted by atomic mass is 10.0. The highest BCUT2D eigenvalue weighted by molar-refractivity contribution is 5.85. The highest BCUT2D eigenvalue weighted by atomic mass is 35.5. The molecule has 0 aliphatic rings. The van der Waals surface area contributed by atoms with Gasteiger partial charge in [0.05, 0.1) is 0 Å². The lowest BCUT2D eigenvalue weighted by Crippen LogP contribution is -2.50. The molecule has 0 aliphatic carbocycles. The molecule has 1 aromatic rings. The highest BCUT2D eigenvalue weighted by Crippen LogP contribution is 2.19. The summed E-state index contributed by atoms with van der Waals surface area (Å²) in [4.78, 5) is 11.7. The smallest absolute Gasteiger partial charge is 0.258 e. The van der Waals surface area contributed by atoms with Crippen molar-refractivity contribution < 1.29 is 9.53 Å². The van der Waals surface area contributed by atoms with E-state index in [0.717, 1.165) is 0 Å². The molecule has 5 heteroatoms. The van der Waals surface area contributed by atoms with Crippen LogP contribution in [0.5, 0.6) is 5.75 Å². The van der Waals surface area contributed by atoms with E-state index in [1.807, 2.05) is 32.0 Å². The summed E-state index contributed by atoms with van der Waals surface area (Å²) in [5.74, 6) is 0.992. The van der Waals surface area contributed by atoms with Gasteiger partial charge in [-0.2, -0.15) is 0 Å². The fraction of sp³-hybridized carbons (Fsp3) is 0.533. The van der Waals surface area contributed by atoms with Crippen LogP contribution >= 0.6 is 12.4 Å². The van der Waals surface area contributed by atoms with E-state index in [2.05, 4.69) is 25.2 Å². The normalized spacial score (nSPS) is 10.9. The van der Waals surface area contributed by atoms with Crippen LogP contribution in [-0.4, -0.2) is 24.6 Å². The standard InChI is InChI=1S/C15H24N2O2.ClH/c1-11(2)12-6-5-7-13(8-12)19-9-14(18)17-15(3,4)10-16;/h5-8,11H,9-10,16H2,1-4H3,(H,17,18);1H. The Morgan fingerprint density at radius 1 is 1.40 bits per heavy atom. The summed E-state index contributed by atoms with van der Waals surface area (Å²) in [6, 6.07) is 7.81. The second-order valence-electron chi connectivity index (χ2n) is 5.65. The van der Waals surface area contributed by atoms with Crippen LogP contribution in [0, 0.1) is 0 Å². The molecule has 0 saturated carbocycles. The van der Waals surface area contributed by atoms with Gasteiger partial charge in [-0.3, -0.25) is 4.79 Å². The van der Waals surface area contributed by atoms with Gasteiger partial charge in [0.25, 0.3) is 5.91 Å². The molecular weight excluding hydrogens is 276 g/mol. The van der Waals surface area contributed by atoms with Gasteiger partial charge in [-0.1, -0.05) is 26.0 Å². The first-order valence-corrected chi connectivity index (χ1v) is 6.58. The van der Waals surface area contributed by atoms with E-state index in [4.69, 9.17) is 10.5 Å². The third-order valence-corrected chi connectivity index (χ3v) is 2.88. The topological polar surface area (TPSA) is 64.3 Å². The molecule has 0 aliphatic heterocycles. The van der Waals surface area contributed by atoms with E-state index in [9.17, 15) is 4.79 Å². The Hall–Kier alpha value is -1.26. The minimum atomic E-state index is -0.403. The van der Waals surface area contributed by atoms with Gasteiger partial charge >= 0.3 is 0 Å². The third-order valence-electron chi connectivity index (χ3n) is 2.88. The number of hydrogen-bond acceptors (Lipinski definition) is 3. The number of amides is 1. The number of hydrogen-bond donors (Lipinski definition) is 2. The van der Waals surface area contributed by atoms with Crippen molar-refractivity contribution in [2.45, 2.75) is 39.2 Å². The first-order valence-electron chi connectivity index (χ1n) is 6.58. The number of carbonyl (C=O) groups is 1. The van der Waals surface area contributed by atoms with Crippen molar-refractivity contribution in [2.75, 3.05) is 13.2 Å². The Balaban J connectivity index is 0.00000361. The molecule has 0 spiro atoms. The Labute approximate surface area is 127 Å². The van der Waals surface area contributed by atoms with Gasteiger partial charge in [0.1, 0.15) is 5.75 Å². The van der Waals surface area contributed by atoms with Gasteiger partial charge < -0.3 is 15.8 Å². The average molecular weight is 301 g/mol. The lowest BCUT2D eigenvalue weighted by Gasteiger charge is -2.24. The molecule has 1 rings (SSSR count). The molecule has 1 aromatic carbocycles. The van der Waals surface area contributed by atoms with E-state index >= 15 is 0 Å². The monoisotopic (exact) mass is 300 g/mol. The van der Waals surface area contributed by atoms with E-state index in [1.165, 1.54) is 5.56 Å². The number of benzene rings is 1. The number of nitrogens with one attached hydrogen (secondary N) is 1. The van der Waals surface area contributed by atoms with E-state index in [1.54, 1.807) is 0 Å². The molecule has 0 atom stereocenters. The molecule has 3 N–H and O–H groups in total. The SMILES string of the molecule is CC(C)c1cccc(OCC(=O)NC(C)(C)CN)c1.Cl. The van der Waals surface area contributed by atoms with Crippen molar-refractivity contribution in [2.24, 2.45) is 5.73 Å². The largest absolute Gasteiger partial charge is 0.484 e. The fourth-order valence-corrected chi connectivity index (χ4v) is 1.58. The van der Waals surface area contributed by atoms with Crippen molar-refractivity contribution in [1.29, 1.82) is 0 Å². The number of halogens is 1. The van der Waals surface area contributed by atoms with Crippen molar-refractivity contribution in [1.82, 2.24) is 5.32 Å². The van der Waals surface area contributed by atoms with Crippen molar-refractivity contribution in [3.8, 4) is 5.75 Å². The number of carbonyl (C=O) groups excluding carboxylic acids is 1. The predicted octanol–water partition coefficient (Wildman–Crippen LogP) is 2.46. The second-order valence-corrected chi connectivity index (χ2v) is 5.65. The summed E-state index contributed by atoms with van der Waals surface area (Å²) in [5.41, 5.74) is 6.35. The molecule has 4 nitrogen and oxygen atoms in total. The van der Waals surface area contributed by atoms with Gasteiger partial charge in [-0.25, -0.2) is 0 Å². The molecule has 0 heterocycles. The first kappa shape index (κ1) is 18.7. The summed E-state index contributed by atoms with van der Waals surface area (Å²) in [6.45, 7) is 8.40. The summed E-state index contributed by atoms with van der Waals surface area (Å²) in [6.07, 6.45) is 0. The second kappa shape index (κ2) is 8.12. The van der Waals surface area contributed by atoms with Crippen LogP contribution in [0.15, 0.2) is 24.3 Å². The van der Waals surface area contributed by atoms with Crippen LogP contribution < -0.4 is 15.8 Å². The zero-order valence-corrected chi connectivity index (χ0v) is 13.4. The Morgan fingerprint density at radius 2 is 2.05 bits per heavy atom. The van der Waals surface area contributed by atoms with Crippen LogP contribution in [-0.2, 0) is 4.79 Å². The molecule has 0 saturated heterocycles. The van der Waals surface area contributed by atoms with Crippen LogP contribution in [0.25, 0.3) is 0 Å². The summed E-state index contributed by atoms with van der Waals surface area (Å²) < 4.78 is 5.50. The average Bonchev–Trinajstić information content (AvgIpc) is 2.36. The Morgan fingerprint density at radius 3 is 2.60 bits per heavy atom. The minimum absolute atomic E-state index is 0. The molecule has 0 unspecified atom stereocenters. The predicted molar refractivity (Wildman–Crippen MR) is 84.6 cm³/mol. The van der Waals surface area contributed by atoms with Gasteiger partial charge in [0, 0.05) is 12.1 Å². The third kappa shape index (κ3) is 6.26. The van der Waals surface area contributed by atoms with Crippen LogP contribution in [0.1, 0.15) is 39.2 Å². The van der Waals surface area contributed by atoms with Crippen LogP contribution in [0.2, 0.25) is 0 Å². The Kier molecular flexibility index (Phi) is 7.61. The summed E-state index contributed by atoms with van der Waals surface area (Å²) >= 11 is 0. The summed E-state index contributed by atoms with van der Waals surface area (Å²) in [7, 11) is 0. The lowest BCUT2D eigenvalue weighted by molar-refractivity contribution is -0.124. The van der Waals surface area contributed by atoms with E-state index < -0.39 is 5.54 Å². The maximum Gasteiger partial charge on any atom is 0.258 e. The Bertz CT molecular complexity index is 434. The molecule has 20 heavy (non-hydrogen) atoms. The number of ether oxygens (including phenoxy) is 1. The van der Waals surface area contributed by atoms with Crippen LogP contribution in [0.3, 0.4) is 0 Å². The molecular formula is C15H25ClN2O2. The minimum Gasteiger partial charge on any atom is -0.484 e. The highest BCUT2D eigenvalue weighted by Gasteiger charge is 2.18. The van der Waals surface area contributed by atoms with Crippen molar-refractivity contribution >= 4 is 18.3 Å². The van der Waals surface area contributed by atoms with Gasteiger partial charge in [0.15, 0.2) is 6.61 Å². The van der Waals surface area contributed by atoms with E-state index in [0.29, 0.717) is 18.2 Å². The molecule has 114 valence electrons. The zero-order valence-electron chi connectivity index (χ0n) is 12.6. The molecule has 1 amide bonds.